The number of pyridine rings is 1. The Hall–Kier alpha value is -4.25. The minimum absolute atomic E-state index is 0.294. The van der Waals surface area contributed by atoms with Crippen molar-refractivity contribution in [2.45, 2.75) is 32.2 Å². The van der Waals surface area contributed by atoms with E-state index < -0.39 is 0 Å². The number of piperazine rings is 1. The number of rotatable bonds is 10. The molecule has 3 N–H and O–H groups in total. The number of aromatic nitrogens is 5. The molecule has 2 saturated carbocycles. The average molecular weight is 554 g/mol. The Kier molecular flexibility index (Phi) is 6.87. The highest BCUT2D eigenvalue weighted by Gasteiger charge is 2.34. The highest BCUT2D eigenvalue weighted by molar-refractivity contribution is 5.85. The van der Waals surface area contributed by atoms with E-state index in [0.717, 1.165) is 92.0 Å². The number of methoxy groups -OCH3 is 1. The Balaban J connectivity index is 1.02. The lowest BCUT2D eigenvalue weighted by Gasteiger charge is -2.34. The molecule has 0 bridgehead atoms. The van der Waals surface area contributed by atoms with Gasteiger partial charge < -0.3 is 25.3 Å². The number of hydrogen-bond donors (Lipinski definition) is 3. The van der Waals surface area contributed by atoms with Crippen LogP contribution in [0.15, 0.2) is 42.9 Å². The molecule has 4 aromatic rings. The fourth-order valence-electron chi connectivity index (χ4n) is 5.41. The highest BCUT2D eigenvalue weighted by atomic mass is 16.5. The van der Waals surface area contributed by atoms with Gasteiger partial charge in [-0.25, -0.2) is 19.9 Å². The monoisotopic (exact) mass is 553 g/mol. The molecular weight excluding hydrogens is 518 g/mol. The number of ether oxygens (including phenoxy) is 1. The van der Waals surface area contributed by atoms with Crippen LogP contribution in [0.25, 0.3) is 22.3 Å². The molecular formula is C30H35N9O2. The van der Waals surface area contributed by atoms with E-state index in [1.807, 2.05) is 35.4 Å². The first-order valence-electron chi connectivity index (χ1n) is 14.5. The molecule has 212 valence electrons. The van der Waals surface area contributed by atoms with Crippen molar-refractivity contribution < 1.29 is 9.53 Å². The molecule has 41 heavy (non-hydrogen) atoms. The van der Waals surface area contributed by atoms with Gasteiger partial charge in [-0.05, 0) is 61.4 Å². The fourth-order valence-corrected chi connectivity index (χ4v) is 5.41. The van der Waals surface area contributed by atoms with Crippen LogP contribution in [0, 0.1) is 11.8 Å². The molecule has 2 aliphatic carbocycles. The predicted octanol–water partition coefficient (Wildman–Crippen LogP) is 4.04. The van der Waals surface area contributed by atoms with E-state index in [2.05, 4.69) is 41.5 Å². The summed E-state index contributed by atoms with van der Waals surface area (Å²) in [4.78, 5) is 38.3. The van der Waals surface area contributed by atoms with Crippen LogP contribution in [-0.4, -0.2) is 80.5 Å². The molecule has 3 fully saturated rings. The summed E-state index contributed by atoms with van der Waals surface area (Å²) >= 11 is 0. The van der Waals surface area contributed by atoms with Crippen molar-refractivity contribution in [2.75, 3.05) is 50.5 Å². The minimum atomic E-state index is 0.294. The number of carbonyl (C=O) groups excluding carboxylic acids is 1. The number of nitrogens with one attached hydrogen (secondary N) is 3. The lowest BCUT2D eigenvalue weighted by Crippen LogP contribution is -2.48. The van der Waals surface area contributed by atoms with E-state index in [-0.39, 0.29) is 0 Å². The number of anilines is 3. The second-order valence-electron chi connectivity index (χ2n) is 11.3. The van der Waals surface area contributed by atoms with Crippen molar-refractivity contribution in [3.63, 3.8) is 0 Å². The molecule has 0 atom stereocenters. The molecule has 11 nitrogen and oxygen atoms in total. The molecule has 1 aliphatic heterocycles. The van der Waals surface area contributed by atoms with E-state index in [0.29, 0.717) is 23.5 Å². The summed E-state index contributed by atoms with van der Waals surface area (Å²) < 4.78 is 5.72. The molecule has 1 aromatic carbocycles. The molecule has 4 heterocycles. The van der Waals surface area contributed by atoms with Gasteiger partial charge in [0.15, 0.2) is 11.6 Å². The Labute approximate surface area is 238 Å². The Morgan fingerprint density at radius 1 is 1.05 bits per heavy atom. The fraction of sp³-hybridized carbons (Fsp3) is 0.433. The number of nitrogens with zero attached hydrogens (tertiary/aromatic N) is 6. The van der Waals surface area contributed by atoms with E-state index in [1.54, 1.807) is 13.4 Å². The van der Waals surface area contributed by atoms with E-state index in [9.17, 15) is 4.79 Å². The van der Waals surface area contributed by atoms with Gasteiger partial charge in [0.25, 0.3) is 0 Å². The van der Waals surface area contributed by atoms with Gasteiger partial charge in [0, 0.05) is 56.9 Å². The number of carbonyl (C=O) groups is 1. The molecule has 1 saturated heterocycles. The van der Waals surface area contributed by atoms with Crippen LogP contribution in [0.5, 0.6) is 5.75 Å². The van der Waals surface area contributed by atoms with Crippen LogP contribution in [-0.2, 0) is 11.3 Å². The summed E-state index contributed by atoms with van der Waals surface area (Å²) in [5, 5.41) is 6.74. The predicted molar refractivity (Wildman–Crippen MR) is 157 cm³/mol. The zero-order chi connectivity index (χ0) is 27.8. The Morgan fingerprint density at radius 3 is 2.68 bits per heavy atom. The minimum Gasteiger partial charge on any atom is -0.491 e. The summed E-state index contributed by atoms with van der Waals surface area (Å²) in [6.45, 7) is 5.13. The maximum atomic E-state index is 12.4. The standard InChI is InChI=1S/C30H35N9O2/c1-41-27-26(33-18-34-28(27)32-16-19-2-3-19)22-6-7-23-24(15-22)36-30(35-23)37-25-14-20(8-9-31-25)17-38-10-12-39(13-11-38)29(40)21-4-5-21/h6-9,14-15,18-19,21H,2-5,10-13,16-17H2,1H3,(H,32,33,34)(H2,31,35,36,37). The number of benzene rings is 1. The van der Waals surface area contributed by atoms with Gasteiger partial charge in [0.05, 0.1) is 18.1 Å². The molecule has 11 heteroatoms. The number of aromatic amines is 1. The van der Waals surface area contributed by atoms with E-state index >= 15 is 0 Å². The van der Waals surface area contributed by atoms with Crippen molar-refractivity contribution in [1.82, 2.24) is 34.7 Å². The first-order valence-corrected chi connectivity index (χ1v) is 14.5. The average Bonchev–Trinajstić information content (AvgIpc) is 3.93. The smallest absolute Gasteiger partial charge is 0.225 e. The third-order valence-electron chi connectivity index (χ3n) is 8.11. The van der Waals surface area contributed by atoms with Crippen molar-refractivity contribution in [3.8, 4) is 17.0 Å². The van der Waals surface area contributed by atoms with Crippen LogP contribution >= 0.6 is 0 Å². The third kappa shape index (κ3) is 5.81. The molecule has 0 radical (unpaired) electrons. The lowest BCUT2D eigenvalue weighted by molar-refractivity contribution is -0.134. The quantitative estimate of drug-likeness (QED) is 0.267. The van der Waals surface area contributed by atoms with Crippen molar-refractivity contribution in [2.24, 2.45) is 11.8 Å². The zero-order valence-corrected chi connectivity index (χ0v) is 23.3. The van der Waals surface area contributed by atoms with Gasteiger partial charge in [0.2, 0.25) is 11.9 Å². The first-order chi connectivity index (χ1) is 20.1. The van der Waals surface area contributed by atoms with Crippen LogP contribution in [0.1, 0.15) is 31.2 Å². The summed E-state index contributed by atoms with van der Waals surface area (Å²) in [5.74, 6) is 4.07. The van der Waals surface area contributed by atoms with Gasteiger partial charge in [-0.1, -0.05) is 6.07 Å². The van der Waals surface area contributed by atoms with Crippen LogP contribution < -0.4 is 15.4 Å². The first kappa shape index (κ1) is 25.7. The maximum Gasteiger partial charge on any atom is 0.225 e. The topological polar surface area (TPSA) is 124 Å². The molecule has 3 aromatic heterocycles. The number of imidazole rings is 1. The second kappa shape index (κ2) is 11.0. The van der Waals surface area contributed by atoms with Crippen LogP contribution in [0.4, 0.5) is 17.6 Å². The molecule has 7 rings (SSSR count). The van der Waals surface area contributed by atoms with Gasteiger partial charge >= 0.3 is 0 Å². The second-order valence-corrected chi connectivity index (χ2v) is 11.3. The lowest BCUT2D eigenvalue weighted by atomic mass is 10.1. The molecule has 3 aliphatic rings. The Morgan fingerprint density at radius 2 is 1.90 bits per heavy atom. The summed E-state index contributed by atoms with van der Waals surface area (Å²) in [6.07, 6.45) is 8.05. The van der Waals surface area contributed by atoms with Crippen molar-refractivity contribution >= 4 is 34.5 Å². The summed E-state index contributed by atoms with van der Waals surface area (Å²) in [5.41, 5.74) is 4.54. The molecule has 0 spiro atoms. The van der Waals surface area contributed by atoms with Crippen molar-refractivity contribution in [3.05, 3.63) is 48.4 Å². The van der Waals surface area contributed by atoms with Gasteiger partial charge in [-0.15, -0.1) is 0 Å². The van der Waals surface area contributed by atoms with Gasteiger partial charge in [-0.3, -0.25) is 9.69 Å². The van der Waals surface area contributed by atoms with Gasteiger partial charge in [-0.2, -0.15) is 0 Å². The zero-order valence-electron chi connectivity index (χ0n) is 23.3. The Bertz CT molecular complexity index is 1550. The number of amides is 1. The number of hydrogen-bond acceptors (Lipinski definition) is 9. The van der Waals surface area contributed by atoms with Crippen LogP contribution in [0.2, 0.25) is 0 Å². The largest absolute Gasteiger partial charge is 0.491 e. The normalized spacial score (nSPS) is 17.5. The summed E-state index contributed by atoms with van der Waals surface area (Å²) in [7, 11) is 1.65. The van der Waals surface area contributed by atoms with E-state index in [1.165, 1.54) is 18.4 Å². The molecule has 0 unspecified atom stereocenters. The summed E-state index contributed by atoms with van der Waals surface area (Å²) in [6, 6.07) is 10.1. The van der Waals surface area contributed by atoms with E-state index in [4.69, 9.17) is 9.72 Å². The van der Waals surface area contributed by atoms with Crippen molar-refractivity contribution in [1.29, 1.82) is 0 Å². The maximum absolute atomic E-state index is 12.4. The highest BCUT2D eigenvalue weighted by Crippen LogP contribution is 2.36. The number of fused-ring (bicyclic) bond motifs is 1. The number of H-pyrrole nitrogens is 1. The van der Waals surface area contributed by atoms with Gasteiger partial charge in [0.1, 0.15) is 17.8 Å². The third-order valence-corrected chi connectivity index (χ3v) is 8.11. The SMILES string of the molecule is COc1c(NCC2CC2)ncnc1-c1ccc2nc(Nc3cc(CN4CCN(C(=O)C5CC5)CC4)ccn3)[nH]c2c1. The van der Waals surface area contributed by atoms with Crippen LogP contribution in [0.3, 0.4) is 0 Å². The molecule has 1 amide bonds.